The average Bonchev–Trinajstić information content (AvgIpc) is 2.58. The quantitative estimate of drug-likeness (QED) is 0.603. The summed E-state index contributed by atoms with van der Waals surface area (Å²) in [5.74, 6) is 0.770. The third-order valence-electron chi connectivity index (χ3n) is 2.62. The summed E-state index contributed by atoms with van der Waals surface area (Å²) in [4.78, 5) is 4.21. The highest BCUT2D eigenvalue weighted by molar-refractivity contribution is 5.90. The number of hydrogen-bond donors (Lipinski definition) is 1. The van der Waals surface area contributed by atoms with Gasteiger partial charge in [-0.1, -0.05) is 19.3 Å². The molecule has 0 amide bonds. The average molecular weight is 150 g/mol. The van der Waals surface area contributed by atoms with Gasteiger partial charge in [0.25, 0.3) is 0 Å². The smallest absolute Gasteiger partial charge is 0.196 e. The molecule has 0 aromatic rings. The Hall–Kier alpha value is -0.370. The number of nitrogens with one attached hydrogen (secondary N) is 1. The lowest BCUT2D eigenvalue weighted by molar-refractivity contribution is 0.438. The Bertz CT molecular complexity index is 157. The molecule has 1 saturated carbocycles. The third kappa shape index (κ3) is 1.62. The van der Waals surface area contributed by atoms with Crippen LogP contribution >= 0.6 is 0 Å². The van der Waals surface area contributed by atoms with Crippen molar-refractivity contribution in [2.75, 3.05) is 6.54 Å². The summed E-state index contributed by atoms with van der Waals surface area (Å²) in [5.41, 5.74) is 1.34. The molecule has 0 bridgehead atoms. The molecule has 0 spiro atoms. The zero-order chi connectivity index (χ0) is 7.52. The monoisotopic (exact) mass is 150 g/mol. The van der Waals surface area contributed by atoms with Gasteiger partial charge in [0.15, 0.2) is 6.67 Å². The molecule has 2 nitrogen and oxygen atoms in total. The molecule has 1 N–H and O–H groups in total. The molecule has 0 aromatic carbocycles. The van der Waals surface area contributed by atoms with Crippen molar-refractivity contribution in [1.29, 1.82) is 0 Å². The van der Waals surface area contributed by atoms with E-state index in [1.54, 1.807) is 0 Å². The maximum atomic E-state index is 4.21. The number of hydrogen-bond acceptors (Lipinski definition) is 2. The molecule has 2 heteroatoms. The van der Waals surface area contributed by atoms with Gasteiger partial charge in [-0.15, -0.1) is 0 Å². The first-order valence-corrected chi connectivity index (χ1v) is 4.51. The predicted octanol–water partition coefficient (Wildman–Crippen LogP) is 1.61. The van der Waals surface area contributed by atoms with Gasteiger partial charge in [0.05, 0.1) is 0 Å². The lowest BCUT2D eigenvalue weighted by Crippen LogP contribution is -2.22. The van der Waals surface area contributed by atoms with Crippen LogP contribution in [0.25, 0.3) is 0 Å². The first-order chi connectivity index (χ1) is 5.47. The Labute approximate surface area is 68.1 Å². The number of aliphatic imine (C=N–C) groups is 1. The summed E-state index contributed by atoms with van der Waals surface area (Å²) in [5, 5.41) is 3.02. The van der Waals surface area contributed by atoms with E-state index in [2.05, 4.69) is 17.0 Å². The SMILES string of the molecule is [C]1N=C(C2CCCCC2)CN1. The molecule has 0 atom stereocenters. The minimum Gasteiger partial charge on any atom is -0.281 e. The number of nitrogens with zero attached hydrogens (tertiary/aromatic N) is 1. The van der Waals surface area contributed by atoms with E-state index in [1.807, 2.05) is 0 Å². The lowest BCUT2D eigenvalue weighted by Gasteiger charge is -2.20. The van der Waals surface area contributed by atoms with Crippen LogP contribution in [-0.2, 0) is 0 Å². The minimum atomic E-state index is 0.770. The second-order valence-corrected chi connectivity index (χ2v) is 3.40. The van der Waals surface area contributed by atoms with Crippen LogP contribution in [0.3, 0.4) is 0 Å². The summed E-state index contributed by atoms with van der Waals surface area (Å²) < 4.78 is 0. The molecular weight excluding hydrogens is 136 g/mol. The highest BCUT2D eigenvalue weighted by Gasteiger charge is 2.20. The van der Waals surface area contributed by atoms with Gasteiger partial charge in [-0.25, -0.2) is 0 Å². The van der Waals surface area contributed by atoms with Crippen LogP contribution in [0.4, 0.5) is 0 Å². The zero-order valence-corrected chi connectivity index (χ0v) is 6.77. The summed E-state index contributed by atoms with van der Waals surface area (Å²) in [6.07, 6.45) is 6.91. The Balaban J connectivity index is 1.92. The van der Waals surface area contributed by atoms with E-state index in [4.69, 9.17) is 0 Å². The van der Waals surface area contributed by atoms with Gasteiger partial charge in [-0.3, -0.25) is 10.3 Å². The van der Waals surface area contributed by atoms with Crippen LogP contribution in [-0.4, -0.2) is 12.3 Å². The van der Waals surface area contributed by atoms with Crippen molar-refractivity contribution in [1.82, 2.24) is 5.32 Å². The van der Waals surface area contributed by atoms with Crippen molar-refractivity contribution in [3.63, 3.8) is 0 Å². The van der Waals surface area contributed by atoms with Crippen molar-refractivity contribution < 1.29 is 0 Å². The van der Waals surface area contributed by atoms with E-state index >= 15 is 0 Å². The fraction of sp³-hybridized carbons (Fsp3) is 0.778. The van der Waals surface area contributed by atoms with Crippen LogP contribution in [0.1, 0.15) is 32.1 Å². The first kappa shape index (κ1) is 7.29. The maximum absolute atomic E-state index is 4.21. The van der Waals surface area contributed by atoms with Crippen LogP contribution in [0.2, 0.25) is 0 Å². The summed E-state index contributed by atoms with van der Waals surface area (Å²) in [6, 6.07) is 0. The standard InChI is InChI=1S/C9H14N2/c1-2-4-8(5-3-1)9-6-10-7-11-9/h8,10H,1-6H2. The summed E-state index contributed by atoms with van der Waals surface area (Å²) in [7, 11) is 0. The first-order valence-electron chi connectivity index (χ1n) is 4.51. The molecule has 2 rings (SSSR count). The van der Waals surface area contributed by atoms with Crippen LogP contribution in [0, 0.1) is 12.6 Å². The molecule has 0 aromatic heterocycles. The van der Waals surface area contributed by atoms with Crippen LogP contribution < -0.4 is 5.32 Å². The van der Waals surface area contributed by atoms with E-state index < -0.39 is 0 Å². The Kier molecular flexibility index (Phi) is 2.22. The summed E-state index contributed by atoms with van der Waals surface area (Å²) in [6.45, 7) is 3.76. The molecule has 1 aliphatic carbocycles. The van der Waals surface area contributed by atoms with Crippen LogP contribution in [0.5, 0.6) is 0 Å². The third-order valence-corrected chi connectivity index (χ3v) is 2.62. The molecule has 60 valence electrons. The predicted molar refractivity (Wildman–Crippen MR) is 45.3 cm³/mol. The highest BCUT2D eigenvalue weighted by atomic mass is 15.1. The van der Waals surface area contributed by atoms with Crippen molar-refractivity contribution in [2.24, 2.45) is 10.9 Å². The Morgan fingerprint density at radius 1 is 1.27 bits per heavy atom. The van der Waals surface area contributed by atoms with Crippen molar-refractivity contribution in [3.05, 3.63) is 6.67 Å². The van der Waals surface area contributed by atoms with Gasteiger partial charge < -0.3 is 0 Å². The number of rotatable bonds is 1. The van der Waals surface area contributed by atoms with Gasteiger partial charge in [-0.2, -0.15) is 0 Å². The topological polar surface area (TPSA) is 24.4 Å². The summed E-state index contributed by atoms with van der Waals surface area (Å²) >= 11 is 0. The molecule has 1 fully saturated rings. The Morgan fingerprint density at radius 3 is 2.73 bits per heavy atom. The fourth-order valence-corrected chi connectivity index (χ4v) is 1.95. The molecule has 0 unspecified atom stereocenters. The van der Waals surface area contributed by atoms with Crippen LogP contribution in [0.15, 0.2) is 4.99 Å². The molecule has 0 saturated heterocycles. The van der Waals surface area contributed by atoms with E-state index in [1.165, 1.54) is 37.8 Å². The Morgan fingerprint density at radius 2 is 2.09 bits per heavy atom. The lowest BCUT2D eigenvalue weighted by atomic mass is 9.86. The second kappa shape index (κ2) is 3.35. The minimum absolute atomic E-state index is 0.770. The van der Waals surface area contributed by atoms with Gasteiger partial charge in [0.2, 0.25) is 0 Å². The van der Waals surface area contributed by atoms with Crippen molar-refractivity contribution in [2.45, 2.75) is 32.1 Å². The fourth-order valence-electron chi connectivity index (χ4n) is 1.95. The zero-order valence-electron chi connectivity index (χ0n) is 6.77. The van der Waals surface area contributed by atoms with Gasteiger partial charge in [0.1, 0.15) is 0 Å². The second-order valence-electron chi connectivity index (χ2n) is 3.40. The van der Waals surface area contributed by atoms with E-state index in [0.29, 0.717) is 0 Å². The van der Waals surface area contributed by atoms with Gasteiger partial charge in [-0.05, 0) is 18.8 Å². The molecule has 1 aliphatic heterocycles. The van der Waals surface area contributed by atoms with E-state index in [-0.39, 0.29) is 0 Å². The highest BCUT2D eigenvalue weighted by Crippen LogP contribution is 2.25. The van der Waals surface area contributed by atoms with Gasteiger partial charge >= 0.3 is 0 Å². The van der Waals surface area contributed by atoms with Crippen molar-refractivity contribution >= 4 is 5.71 Å². The molecule has 11 heavy (non-hydrogen) atoms. The van der Waals surface area contributed by atoms with Gasteiger partial charge in [0, 0.05) is 12.3 Å². The molecular formula is C9H14N2. The largest absolute Gasteiger partial charge is 0.281 e. The maximum Gasteiger partial charge on any atom is 0.196 e. The molecule has 1 heterocycles. The van der Waals surface area contributed by atoms with E-state index in [9.17, 15) is 0 Å². The van der Waals surface area contributed by atoms with E-state index in [0.717, 1.165) is 12.5 Å². The van der Waals surface area contributed by atoms with Crippen molar-refractivity contribution in [3.8, 4) is 0 Å². The normalized spacial score (nSPS) is 27.1. The molecule has 2 aliphatic rings. The molecule has 2 radical (unpaired) electrons.